The predicted octanol–water partition coefficient (Wildman–Crippen LogP) is 4.27. The van der Waals surface area contributed by atoms with E-state index < -0.39 is 0 Å². The van der Waals surface area contributed by atoms with Crippen LogP contribution in [0.25, 0.3) is 0 Å². The number of piperidine rings is 1. The maximum Gasteiger partial charge on any atom is 0.227 e. The van der Waals surface area contributed by atoms with Crippen molar-refractivity contribution in [3.05, 3.63) is 58.3 Å². The van der Waals surface area contributed by atoms with Crippen molar-refractivity contribution in [2.24, 2.45) is 5.92 Å². The van der Waals surface area contributed by atoms with Crippen LogP contribution in [-0.4, -0.2) is 30.4 Å². The Bertz CT molecular complexity index is 633. The highest BCUT2D eigenvalue weighted by atomic mass is 32.1. The molecule has 0 radical (unpaired) electrons. The van der Waals surface area contributed by atoms with E-state index in [1.165, 1.54) is 18.4 Å². The number of carbonyl (C=O) groups excluding carboxylic acids is 1. The molecule has 1 aliphatic rings. The second-order valence-corrected chi connectivity index (χ2v) is 7.75. The van der Waals surface area contributed by atoms with E-state index in [-0.39, 0.29) is 11.8 Å². The third kappa shape index (κ3) is 5.16. The predicted molar refractivity (Wildman–Crippen MR) is 105 cm³/mol. The van der Waals surface area contributed by atoms with Gasteiger partial charge >= 0.3 is 0 Å². The van der Waals surface area contributed by atoms with E-state index in [0.29, 0.717) is 5.92 Å². The van der Waals surface area contributed by atoms with Crippen LogP contribution in [0.2, 0.25) is 0 Å². The molecule has 4 heteroatoms. The fourth-order valence-corrected chi connectivity index (χ4v) is 4.28. The third-order valence-electron chi connectivity index (χ3n) is 5.19. The highest BCUT2D eigenvalue weighted by Gasteiger charge is 2.22. The van der Waals surface area contributed by atoms with E-state index in [1.807, 2.05) is 18.2 Å². The summed E-state index contributed by atoms with van der Waals surface area (Å²) >= 11 is 1.77. The Labute approximate surface area is 155 Å². The second kappa shape index (κ2) is 9.16. The average molecular weight is 357 g/mol. The molecule has 1 aromatic heterocycles. The zero-order chi connectivity index (χ0) is 17.5. The van der Waals surface area contributed by atoms with Gasteiger partial charge in [-0.2, -0.15) is 11.3 Å². The van der Waals surface area contributed by atoms with Gasteiger partial charge in [-0.3, -0.25) is 9.69 Å². The van der Waals surface area contributed by atoms with Crippen LogP contribution < -0.4 is 5.32 Å². The molecule has 1 aromatic carbocycles. The minimum Gasteiger partial charge on any atom is -0.355 e. The molecule has 3 nitrogen and oxygen atoms in total. The van der Waals surface area contributed by atoms with Gasteiger partial charge in [-0.05, 0) is 66.2 Å². The van der Waals surface area contributed by atoms with Crippen LogP contribution in [0.1, 0.15) is 43.2 Å². The van der Waals surface area contributed by atoms with Crippen molar-refractivity contribution in [2.45, 2.75) is 38.6 Å². The summed E-state index contributed by atoms with van der Waals surface area (Å²) < 4.78 is 0. The first-order valence-corrected chi connectivity index (χ1v) is 10.3. The SMILES string of the molecule is CCC(C(=O)NCC1CCN(Cc2ccsc2)CC1)c1ccccc1. The molecule has 1 fully saturated rings. The maximum atomic E-state index is 12.6. The Morgan fingerprint density at radius 3 is 2.64 bits per heavy atom. The van der Waals surface area contributed by atoms with Crippen LogP contribution in [-0.2, 0) is 11.3 Å². The number of thiophene rings is 1. The van der Waals surface area contributed by atoms with Crippen molar-refractivity contribution >= 4 is 17.2 Å². The standard InChI is InChI=1S/C21H28N2OS/c1-2-20(19-6-4-3-5-7-19)21(24)22-14-17-8-11-23(12-9-17)15-18-10-13-25-16-18/h3-7,10,13,16-17,20H,2,8-9,11-12,14-15H2,1H3,(H,22,24). The van der Waals surface area contributed by atoms with Crippen LogP contribution in [0.15, 0.2) is 47.2 Å². The van der Waals surface area contributed by atoms with E-state index in [1.54, 1.807) is 11.3 Å². The Morgan fingerprint density at radius 1 is 1.24 bits per heavy atom. The summed E-state index contributed by atoms with van der Waals surface area (Å²) in [5.41, 5.74) is 2.54. The molecule has 1 aliphatic heterocycles. The van der Waals surface area contributed by atoms with E-state index in [0.717, 1.165) is 38.2 Å². The van der Waals surface area contributed by atoms with Crippen molar-refractivity contribution in [2.75, 3.05) is 19.6 Å². The van der Waals surface area contributed by atoms with Gasteiger partial charge in [0.15, 0.2) is 0 Å². The van der Waals surface area contributed by atoms with Gasteiger partial charge in [0.05, 0.1) is 5.92 Å². The fraction of sp³-hybridized carbons (Fsp3) is 0.476. The monoisotopic (exact) mass is 356 g/mol. The van der Waals surface area contributed by atoms with Gasteiger partial charge in [0.25, 0.3) is 0 Å². The molecule has 2 aromatic rings. The lowest BCUT2D eigenvalue weighted by Gasteiger charge is -2.32. The molecular weight excluding hydrogens is 328 g/mol. The lowest BCUT2D eigenvalue weighted by Crippen LogP contribution is -2.39. The van der Waals surface area contributed by atoms with Crippen molar-refractivity contribution in [3.63, 3.8) is 0 Å². The zero-order valence-electron chi connectivity index (χ0n) is 15.0. The first-order valence-electron chi connectivity index (χ1n) is 9.32. The number of benzene rings is 1. The summed E-state index contributed by atoms with van der Waals surface area (Å²) in [5.74, 6) is 0.755. The molecule has 2 heterocycles. The smallest absolute Gasteiger partial charge is 0.227 e. The molecule has 3 rings (SSSR count). The van der Waals surface area contributed by atoms with Crippen LogP contribution in [0.5, 0.6) is 0 Å². The normalized spacial score (nSPS) is 17.3. The number of carbonyl (C=O) groups is 1. The first kappa shape index (κ1) is 18.2. The Balaban J connectivity index is 1.42. The lowest BCUT2D eigenvalue weighted by atomic mass is 9.94. The Kier molecular flexibility index (Phi) is 6.65. The quantitative estimate of drug-likeness (QED) is 0.803. The molecule has 1 atom stereocenters. The lowest BCUT2D eigenvalue weighted by molar-refractivity contribution is -0.122. The molecule has 0 spiro atoms. The number of rotatable bonds is 7. The summed E-state index contributed by atoms with van der Waals surface area (Å²) in [5, 5.41) is 7.59. The van der Waals surface area contributed by atoms with Gasteiger partial charge in [0, 0.05) is 13.1 Å². The number of nitrogens with one attached hydrogen (secondary N) is 1. The summed E-state index contributed by atoms with van der Waals surface area (Å²) in [4.78, 5) is 15.1. The highest BCUT2D eigenvalue weighted by molar-refractivity contribution is 7.07. The number of likely N-dealkylation sites (tertiary alicyclic amines) is 1. The van der Waals surface area contributed by atoms with Crippen molar-refractivity contribution < 1.29 is 4.79 Å². The molecular formula is C21H28N2OS. The van der Waals surface area contributed by atoms with Gasteiger partial charge in [0.2, 0.25) is 5.91 Å². The largest absolute Gasteiger partial charge is 0.355 e. The van der Waals surface area contributed by atoms with Crippen molar-refractivity contribution in [3.8, 4) is 0 Å². The third-order valence-corrected chi connectivity index (χ3v) is 5.92. The van der Waals surface area contributed by atoms with Gasteiger partial charge in [0.1, 0.15) is 0 Å². The van der Waals surface area contributed by atoms with Gasteiger partial charge in [-0.15, -0.1) is 0 Å². The Morgan fingerprint density at radius 2 is 2.00 bits per heavy atom. The van der Waals surface area contributed by atoms with Crippen LogP contribution in [0, 0.1) is 5.92 Å². The van der Waals surface area contributed by atoms with Crippen LogP contribution >= 0.6 is 11.3 Å². The minimum absolute atomic E-state index is 0.0279. The van der Waals surface area contributed by atoms with Crippen LogP contribution in [0.3, 0.4) is 0 Å². The summed E-state index contributed by atoms with van der Waals surface area (Å²) in [6, 6.07) is 12.3. The van der Waals surface area contributed by atoms with E-state index >= 15 is 0 Å². The minimum atomic E-state index is -0.0279. The molecule has 1 unspecified atom stereocenters. The average Bonchev–Trinajstić information content (AvgIpc) is 3.16. The number of hydrogen-bond donors (Lipinski definition) is 1. The first-order chi connectivity index (χ1) is 12.3. The number of nitrogens with zero attached hydrogens (tertiary/aromatic N) is 1. The van der Waals surface area contributed by atoms with E-state index in [4.69, 9.17) is 0 Å². The zero-order valence-corrected chi connectivity index (χ0v) is 15.8. The van der Waals surface area contributed by atoms with E-state index in [9.17, 15) is 4.79 Å². The van der Waals surface area contributed by atoms with Gasteiger partial charge in [-0.1, -0.05) is 37.3 Å². The molecule has 1 saturated heterocycles. The molecule has 0 aliphatic carbocycles. The molecule has 1 N–H and O–H groups in total. The van der Waals surface area contributed by atoms with E-state index in [2.05, 4.69) is 46.1 Å². The molecule has 0 saturated carbocycles. The topological polar surface area (TPSA) is 32.3 Å². The second-order valence-electron chi connectivity index (χ2n) is 6.97. The van der Waals surface area contributed by atoms with Crippen LogP contribution in [0.4, 0.5) is 0 Å². The molecule has 0 bridgehead atoms. The highest BCUT2D eigenvalue weighted by Crippen LogP contribution is 2.21. The van der Waals surface area contributed by atoms with Crippen molar-refractivity contribution in [1.29, 1.82) is 0 Å². The molecule has 1 amide bonds. The number of amides is 1. The molecule has 25 heavy (non-hydrogen) atoms. The summed E-state index contributed by atoms with van der Waals surface area (Å²) in [6.45, 7) is 6.22. The molecule has 134 valence electrons. The summed E-state index contributed by atoms with van der Waals surface area (Å²) in [7, 11) is 0. The Hall–Kier alpha value is -1.65. The maximum absolute atomic E-state index is 12.6. The van der Waals surface area contributed by atoms with Gasteiger partial charge < -0.3 is 5.32 Å². The van der Waals surface area contributed by atoms with Crippen molar-refractivity contribution in [1.82, 2.24) is 10.2 Å². The number of hydrogen-bond acceptors (Lipinski definition) is 3. The summed E-state index contributed by atoms with van der Waals surface area (Å²) in [6.07, 6.45) is 3.19. The fourth-order valence-electron chi connectivity index (χ4n) is 3.62. The van der Waals surface area contributed by atoms with Gasteiger partial charge in [-0.25, -0.2) is 0 Å².